The number of halogens is 1. The molecule has 0 saturated heterocycles. The summed E-state index contributed by atoms with van der Waals surface area (Å²) < 4.78 is 0.997. The lowest BCUT2D eigenvalue weighted by Gasteiger charge is -2.08. The fraction of sp³-hybridized carbons (Fsp3) is 0.0769. The molecule has 0 aliphatic heterocycles. The van der Waals surface area contributed by atoms with Crippen molar-refractivity contribution >= 4 is 27.5 Å². The molecule has 0 spiro atoms. The van der Waals surface area contributed by atoms with Gasteiger partial charge in [-0.2, -0.15) is 0 Å². The molecule has 0 bridgehead atoms. The molecule has 86 valence electrons. The van der Waals surface area contributed by atoms with Gasteiger partial charge in [0.25, 0.3) is 5.91 Å². The van der Waals surface area contributed by atoms with Gasteiger partial charge in [0, 0.05) is 28.1 Å². The zero-order chi connectivity index (χ0) is 12.3. The highest BCUT2D eigenvalue weighted by atomic mass is 79.9. The predicted octanol–water partition coefficient (Wildman–Crippen LogP) is 3.40. The van der Waals surface area contributed by atoms with Gasteiger partial charge in [-0.15, -0.1) is 0 Å². The summed E-state index contributed by atoms with van der Waals surface area (Å²) >= 11 is 3.39. The van der Waals surface area contributed by atoms with Crippen molar-refractivity contribution in [2.45, 2.75) is 6.92 Å². The Balaban J connectivity index is 2.19. The first-order valence-electron chi connectivity index (χ1n) is 5.14. The molecule has 1 aromatic heterocycles. The molecule has 0 unspecified atom stereocenters. The van der Waals surface area contributed by atoms with E-state index in [1.165, 1.54) is 0 Å². The van der Waals surface area contributed by atoms with Crippen LogP contribution in [0.3, 0.4) is 0 Å². The van der Waals surface area contributed by atoms with Crippen LogP contribution in [0.25, 0.3) is 0 Å². The summed E-state index contributed by atoms with van der Waals surface area (Å²) in [6, 6.07) is 9.10. The van der Waals surface area contributed by atoms with Crippen molar-refractivity contribution in [3.8, 4) is 0 Å². The fourth-order valence-electron chi connectivity index (χ4n) is 1.47. The summed E-state index contributed by atoms with van der Waals surface area (Å²) in [5.74, 6) is -0.127. The third-order valence-corrected chi connectivity index (χ3v) is 2.87. The highest BCUT2D eigenvalue weighted by molar-refractivity contribution is 9.10. The number of nitrogens with one attached hydrogen (secondary N) is 1. The number of aryl methyl sites for hydroxylation is 1. The van der Waals surface area contributed by atoms with E-state index in [4.69, 9.17) is 0 Å². The van der Waals surface area contributed by atoms with Gasteiger partial charge in [0.15, 0.2) is 0 Å². The molecule has 3 nitrogen and oxygen atoms in total. The minimum absolute atomic E-state index is 0.127. The second kappa shape index (κ2) is 5.10. The lowest BCUT2D eigenvalue weighted by molar-refractivity contribution is 0.102. The Morgan fingerprint density at radius 3 is 2.59 bits per heavy atom. The Bertz CT molecular complexity index is 540. The number of hydrogen-bond acceptors (Lipinski definition) is 2. The molecule has 0 aliphatic rings. The van der Waals surface area contributed by atoms with Gasteiger partial charge in [0.1, 0.15) is 0 Å². The van der Waals surface area contributed by atoms with Crippen LogP contribution in [0.1, 0.15) is 15.9 Å². The van der Waals surface area contributed by atoms with Crippen molar-refractivity contribution in [2.75, 3.05) is 5.32 Å². The van der Waals surface area contributed by atoms with Crippen molar-refractivity contribution < 1.29 is 4.79 Å². The van der Waals surface area contributed by atoms with E-state index in [1.54, 1.807) is 24.5 Å². The molecule has 0 saturated carbocycles. The molecule has 1 aromatic carbocycles. The molecular weight excluding hydrogens is 280 g/mol. The van der Waals surface area contributed by atoms with Gasteiger partial charge in [-0.1, -0.05) is 15.9 Å². The maximum atomic E-state index is 11.9. The average molecular weight is 291 g/mol. The highest BCUT2D eigenvalue weighted by Crippen LogP contribution is 2.20. The Hall–Kier alpha value is -1.68. The Kier molecular flexibility index (Phi) is 3.54. The van der Waals surface area contributed by atoms with Gasteiger partial charge in [-0.25, -0.2) is 0 Å². The number of amides is 1. The van der Waals surface area contributed by atoms with Crippen LogP contribution in [0.5, 0.6) is 0 Å². The van der Waals surface area contributed by atoms with Crippen molar-refractivity contribution in [3.05, 3.63) is 58.3 Å². The zero-order valence-corrected chi connectivity index (χ0v) is 10.9. The first kappa shape index (κ1) is 11.8. The van der Waals surface area contributed by atoms with Crippen LogP contribution in [-0.4, -0.2) is 10.9 Å². The first-order valence-corrected chi connectivity index (χ1v) is 5.93. The van der Waals surface area contributed by atoms with Crippen LogP contribution in [0.15, 0.2) is 47.2 Å². The van der Waals surface area contributed by atoms with Crippen LogP contribution < -0.4 is 5.32 Å². The molecule has 0 atom stereocenters. The maximum absolute atomic E-state index is 11.9. The van der Waals surface area contributed by atoms with Crippen LogP contribution in [0.2, 0.25) is 0 Å². The zero-order valence-electron chi connectivity index (χ0n) is 9.27. The highest BCUT2D eigenvalue weighted by Gasteiger charge is 2.06. The third-order valence-electron chi connectivity index (χ3n) is 2.38. The van der Waals surface area contributed by atoms with Gasteiger partial charge >= 0.3 is 0 Å². The number of aromatic nitrogens is 1. The van der Waals surface area contributed by atoms with Gasteiger partial charge in [-0.3, -0.25) is 9.78 Å². The van der Waals surface area contributed by atoms with E-state index in [0.717, 1.165) is 15.7 Å². The van der Waals surface area contributed by atoms with Gasteiger partial charge in [0.2, 0.25) is 0 Å². The van der Waals surface area contributed by atoms with Crippen LogP contribution in [0.4, 0.5) is 5.69 Å². The number of benzene rings is 1. The van der Waals surface area contributed by atoms with E-state index in [1.807, 2.05) is 25.1 Å². The summed E-state index contributed by atoms with van der Waals surface area (Å²) in [7, 11) is 0. The lowest BCUT2D eigenvalue weighted by Crippen LogP contribution is -2.12. The van der Waals surface area contributed by atoms with E-state index in [2.05, 4.69) is 26.2 Å². The Morgan fingerprint density at radius 2 is 1.94 bits per heavy atom. The molecule has 1 heterocycles. The summed E-state index contributed by atoms with van der Waals surface area (Å²) in [6.07, 6.45) is 3.20. The van der Waals surface area contributed by atoms with Crippen molar-refractivity contribution in [3.63, 3.8) is 0 Å². The second-order valence-corrected chi connectivity index (χ2v) is 4.56. The molecule has 0 fully saturated rings. The second-order valence-electron chi connectivity index (χ2n) is 3.65. The standard InChI is InChI=1S/C13H11BrN2O/c1-9-8-11(14)2-3-12(9)16-13(17)10-4-6-15-7-5-10/h2-8H,1H3,(H,16,17). The molecule has 4 heteroatoms. The van der Waals surface area contributed by atoms with Gasteiger partial charge in [-0.05, 0) is 42.8 Å². The number of carbonyl (C=O) groups excluding carboxylic acids is 1. The average Bonchev–Trinajstić information content (AvgIpc) is 2.34. The van der Waals surface area contributed by atoms with Crippen LogP contribution in [-0.2, 0) is 0 Å². The number of rotatable bonds is 2. The molecule has 17 heavy (non-hydrogen) atoms. The normalized spacial score (nSPS) is 10.0. The number of pyridine rings is 1. The summed E-state index contributed by atoms with van der Waals surface area (Å²) in [6.45, 7) is 1.95. The minimum Gasteiger partial charge on any atom is -0.322 e. The lowest BCUT2D eigenvalue weighted by atomic mass is 10.2. The van der Waals surface area contributed by atoms with E-state index in [0.29, 0.717) is 5.56 Å². The van der Waals surface area contributed by atoms with E-state index in [9.17, 15) is 4.79 Å². The summed E-state index contributed by atoms with van der Waals surface area (Å²) in [5, 5.41) is 2.87. The minimum atomic E-state index is -0.127. The molecule has 1 amide bonds. The summed E-state index contributed by atoms with van der Waals surface area (Å²) in [5.41, 5.74) is 2.43. The molecular formula is C13H11BrN2O. The van der Waals surface area contributed by atoms with E-state index < -0.39 is 0 Å². The molecule has 0 aliphatic carbocycles. The van der Waals surface area contributed by atoms with Crippen LogP contribution in [0, 0.1) is 6.92 Å². The predicted molar refractivity (Wildman–Crippen MR) is 71.1 cm³/mol. The van der Waals surface area contributed by atoms with E-state index >= 15 is 0 Å². The number of anilines is 1. The van der Waals surface area contributed by atoms with E-state index in [-0.39, 0.29) is 5.91 Å². The van der Waals surface area contributed by atoms with Crippen molar-refractivity contribution in [1.82, 2.24) is 4.98 Å². The Labute approximate surface area is 108 Å². The molecule has 2 aromatic rings. The largest absolute Gasteiger partial charge is 0.322 e. The van der Waals surface area contributed by atoms with Gasteiger partial charge < -0.3 is 5.32 Å². The van der Waals surface area contributed by atoms with Crippen LogP contribution >= 0.6 is 15.9 Å². The first-order chi connectivity index (χ1) is 8.16. The van der Waals surface area contributed by atoms with Crippen molar-refractivity contribution in [1.29, 1.82) is 0 Å². The topological polar surface area (TPSA) is 42.0 Å². The number of hydrogen-bond donors (Lipinski definition) is 1. The van der Waals surface area contributed by atoms with Gasteiger partial charge in [0.05, 0.1) is 0 Å². The number of nitrogens with zero attached hydrogens (tertiary/aromatic N) is 1. The SMILES string of the molecule is Cc1cc(Br)ccc1NC(=O)c1ccncc1. The maximum Gasteiger partial charge on any atom is 0.255 e. The molecule has 2 rings (SSSR count). The smallest absolute Gasteiger partial charge is 0.255 e. The quantitative estimate of drug-likeness (QED) is 0.921. The number of carbonyl (C=O) groups is 1. The molecule has 0 radical (unpaired) electrons. The van der Waals surface area contributed by atoms with Crippen molar-refractivity contribution in [2.24, 2.45) is 0 Å². The third kappa shape index (κ3) is 2.91. The fourth-order valence-corrected chi connectivity index (χ4v) is 1.94. The monoisotopic (exact) mass is 290 g/mol. The summed E-state index contributed by atoms with van der Waals surface area (Å²) in [4.78, 5) is 15.8. The molecule has 1 N–H and O–H groups in total. The Morgan fingerprint density at radius 1 is 1.24 bits per heavy atom.